The number of rotatable bonds is 7. The lowest BCUT2D eigenvalue weighted by Gasteiger charge is -2.27. The van der Waals surface area contributed by atoms with Crippen LogP contribution in [0, 0.1) is 5.92 Å². The standard InChI is InChI=1S/C19H31NO2S/c1-11(2)15-9-14(23-18(13(5)6)19(21)22)10-16(12(3)4)17(15)20(7)8/h9-13,18H,1-8H3,(H,21,22). The summed E-state index contributed by atoms with van der Waals surface area (Å²) in [5, 5.41) is 9.06. The Labute approximate surface area is 145 Å². The van der Waals surface area contributed by atoms with Crippen LogP contribution in [0.25, 0.3) is 0 Å². The molecule has 0 saturated heterocycles. The van der Waals surface area contributed by atoms with Crippen LogP contribution in [-0.4, -0.2) is 30.4 Å². The van der Waals surface area contributed by atoms with Gasteiger partial charge in [-0.05, 0) is 41.0 Å². The van der Waals surface area contributed by atoms with Crippen LogP contribution < -0.4 is 4.90 Å². The van der Waals surface area contributed by atoms with E-state index in [9.17, 15) is 9.90 Å². The first kappa shape index (κ1) is 19.9. The highest BCUT2D eigenvalue weighted by molar-refractivity contribution is 8.00. The molecule has 1 aromatic rings. The zero-order valence-corrected chi connectivity index (χ0v) is 16.5. The molecule has 1 atom stereocenters. The second kappa shape index (κ2) is 8.09. The molecule has 1 N–H and O–H groups in total. The van der Waals surface area contributed by atoms with E-state index in [1.165, 1.54) is 28.6 Å². The minimum atomic E-state index is -0.737. The molecule has 0 aliphatic carbocycles. The summed E-state index contributed by atoms with van der Waals surface area (Å²) >= 11 is 1.47. The third-order valence-electron chi connectivity index (χ3n) is 3.95. The Morgan fingerprint density at radius 3 is 1.70 bits per heavy atom. The van der Waals surface area contributed by atoms with E-state index in [1.54, 1.807) is 0 Å². The second-order valence-electron chi connectivity index (χ2n) is 7.27. The van der Waals surface area contributed by atoms with E-state index in [4.69, 9.17) is 0 Å². The van der Waals surface area contributed by atoms with Gasteiger partial charge in [0.1, 0.15) is 5.25 Å². The molecule has 3 nitrogen and oxygen atoms in total. The van der Waals surface area contributed by atoms with Crippen molar-refractivity contribution in [3.63, 3.8) is 0 Å². The lowest BCUT2D eigenvalue weighted by atomic mass is 9.92. The molecule has 0 saturated carbocycles. The van der Waals surface area contributed by atoms with Crippen molar-refractivity contribution in [3.8, 4) is 0 Å². The minimum absolute atomic E-state index is 0.0935. The number of aliphatic carboxylic acids is 1. The quantitative estimate of drug-likeness (QED) is 0.694. The average molecular weight is 338 g/mol. The molecule has 0 fully saturated rings. The van der Waals surface area contributed by atoms with E-state index in [1.807, 2.05) is 13.8 Å². The highest BCUT2D eigenvalue weighted by Crippen LogP contribution is 2.40. The topological polar surface area (TPSA) is 40.5 Å². The summed E-state index contributed by atoms with van der Waals surface area (Å²) in [5.74, 6) is 0.149. The summed E-state index contributed by atoms with van der Waals surface area (Å²) in [5.41, 5.74) is 3.85. The van der Waals surface area contributed by atoms with Gasteiger partial charge >= 0.3 is 5.97 Å². The van der Waals surface area contributed by atoms with E-state index in [2.05, 4.69) is 58.8 Å². The first-order chi connectivity index (χ1) is 10.6. The Balaban J connectivity index is 3.43. The maximum atomic E-state index is 11.5. The molecule has 1 unspecified atom stereocenters. The lowest BCUT2D eigenvalue weighted by molar-refractivity contribution is -0.137. The van der Waals surface area contributed by atoms with E-state index >= 15 is 0 Å². The van der Waals surface area contributed by atoms with Gasteiger partial charge in [0.05, 0.1) is 0 Å². The van der Waals surface area contributed by atoms with Crippen molar-refractivity contribution in [1.82, 2.24) is 0 Å². The van der Waals surface area contributed by atoms with Gasteiger partial charge in [0, 0.05) is 24.7 Å². The number of carboxylic acid groups (broad SMARTS) is 1. The summed E-state index contributed by atoms with van der Waals surface area (Å²) in [6.45, 7) is 12.7. The number of hydrogen-bond acceptors (Lipinski definition) is 3. The zero-order chi connectivity index (χ0) is 17.9. The van der Waals surface area contributed by atoms with Crippen molar-refractivity contribution in [1.29, 1.82) is 0 Å². The van der Waals surface area contributed by atoms with Gasteiger partial charge in [0.25, 0.3) is 0 Å². The number of nitrogens with zero attached hydrogens (tertiary/aromatic N) is 1. The molecule has 4 heteroatoms. The normalized spacial score (nSPS) is 13.0. The molecule has 0 bridgehead atoms. The van der Waals surface area contributed by atoms with Crippen LogP contribution >= 0.6 is 11.8 Å². The molecule has 0 aliphatic heterocycles. The van der Waals surface area contributed by atoms with Crippen molar-refractivity contribution < 1.29 is 9.90 Å². The van der Waals surface area contributed by atoms with Crippen molar-refractivity contribution in [2.45, 2.75) is 63.5 Å². The van der Waals surface area contributed by atoms with Crippen molar-refractivity contribution in [2.24, 2.45) is 5.92 Å². The highest BCUT2D eigenvalue weighted by Gasteiger charge is 2.25. The Kier molecular flexibility index (Phi) is 7.00. The van der Waals surface area contributed by atoms with E-state index < -0.39 is 11.2 Å². The van der Waals surface area contributed by atoms with Crippen molar-refractivity contribution in [2.75, 3.05) is 19.0 Å². The third kappa shape index (κ3) is 4.90. The molecule has 0 radical (unpaired) electrons. The number of thioether (sulfide) groups is 1. The minimum Gasteiger partial charge on any atom is -0.480 e. The summed E-state index contributed by atoms with van der Waals surface area (Å²) in [6.07, 6.45) is 0. The molecule has 0 heterocycles. The second-order valence-corrected chi connectivity index (χ2v) is 8.49. The lowest BCUT2D eigenvalue weighted by Crippen LogP contribution is -2.22. The Hall–Kier alpha value is -1.16. The van der Waals surface area contributed by atoms with Crippen LogP contribution in [0.5, 0.6) is 0 Å². The van der Waals surface area contributed by atoms with Gasteiger partial charge in [-0.1, -0.05) is 41.5 Å². The van der Waals surface area contributed by atoms with Crippen LogP contribution in [0.4, 0.5) is 5.69 Å². The van der Waals surface area contributed by atoms with Gasteiger partial charge in [-0.15, -0.1) is 11.8 Å². The highest BCUT2D eigenvalue weighted by atomic mass is 32.2. The first-order valence-corrected chi connectivity index (χ1v) is 9.18. The van der Waals surface area contributed by atoms with E-state index in [0.717, 1.165) is 4.90 Å². The Morgan fingerprint density at radius 2 is 1.43 bits per heavy atom. The van der Waals surface area contributed by atoms with Crippen LogP contribution in [-0.2, 0) is 4.79 Å². The van der Waals surface area contributed by atoms with E-state index in [0.29, 0.717) is 11.8 Å². The first-order valence-electron chi connectivity index (χ1n) is 8.30. The van der Waals surface area contributed by atoms with Gasteiger partial charge in [0.15, 0.2) is 0 Å². The maximum absolute atomic E-state index is 11.5. The number of hydrogen-bond donors (Lipinski definition) is 1. The van der Waals surface area contributed by atoms with Crippen LogP contribution in [0.1, 0.15) is 64.5 Å². The SMILES string of the molecule is CC(C)c1cc(SC(C(=O)O)C(C)C)cc(C(C)C)c1N(C)C. The summed E-state index contributed by atoms with van der Waals surface area (Å²) in [6, 6.07) is 4.35. The number of benzene rings is 1. The molecule has 0 aromatic heterocycles. The molecule has 1 aromatic carbocycles. The fourth-order valence-corrected chi connectivity index (χ4v) is 3.79. The molecule has 0 aliphatic rings. The maximum Gasteiger partial charge on any atom is 0.317 e. The zero-order valence-electron chi connectivity index (χ0n) is 15.7. The van der Waals surface area contributed by atoms with Crippen molar-refractivity contribution >= 4 is 23.4 Å². The summed E-state index contributed by atoms with van der Waals surface area (Å²) < 4.78 is 0. The molecule has 130 valence electrons. The number of carboxylic acids is 1. The molecule has 23 heavy (non-hydrogen) atoms. The predicted octanol–water partition coefficient (Wildman–Crippen LogP) is 5.20. The summed E-state index contributed by atoms with van der Waals surface area (Å²) in [7, 11) is 4.15. The monoisotopic (exact) mass is 337 g/mol. The van der Waals surface area contributed by atoms with Gasteiger partial charge in [-0.2, -0.15) is 0 Å². The molecule has 0 amide bonds. The smallest absolute Gasteiger partial charge is 0.317 e. The van der Waals surface area contributed by atoms with E-state index in [-0.39, 0.29) is 5.92 Å². The molecular weight excluding hydrogens is 306 g/mol. The predicted molar refractivity (Wildman–Crippen MR) is 101 cm³/mol. The Bertz CT molecular complexity index is 521. The fraction of sp³-hybridized carbons (Fsp3) is 0.632. The van der Waals surface area contributed by atoms with Gasteiger partial charge in [0.2, 0.25) is 0 Å². The molecule has 1 rings (SSSR count). The third-order valence-corrected chi connectivity index (χ3v) is 5.45. The van der Waals surface area contributed by atoms with Gasteiger partial charge in [-0.3, -0.25) is 4.79 Å². The van der Waals surface area contributed by atoms with Crippen molar-refractivity contribution in [3.05, 3.63) is 23.3 Å². The average Bonchev–Trinajstić information content (AvgIpc) is 2.42. The van der Waals surface area contributed by atoms with Crippen LogP contribution in [0.3, 0.4) is 0 Å². The van der Waals surface area contributed by atoms with Gasteiger partial charge in [-0.25, -0.2) is 0 Å². The van der Waals surface area contributed by atoms with Crippen LogP contribution in [0.15, 0.2) is 17.0 Å². The number of carbonyl (C=O) groups is 1. The largest absolute Gasteiger partial charge is 0.480 e. The Morgan fingerprint density at radius 1 is 1.00 bits per heavy atom. The van der Waals surface area contributed by atoms with Gasteiger partial charge < -0.3 is 10.0 Å². The van der Waals surface area contributed by atoms with Crippen LogP contribution in [0.2, 0.25) is 0 Å². The molecule has 0 spiro atoms. The fourth-order valence-electron chi connectivity index (χ4n) is 2.73. The number of anilines is 1. The molecular formula is C19H31NO2S. The summed E-state index contributed by atoms with van der Waals surface area (Å²) in [4.78, 5) is 14.8.